The molecular weight excluding hydrogens is 297 g/mol. The highest BCUT2D eigenvalue weighted by molar-refractivity contribution is 5.75. The molecule has 0 saturated carbocycles. The molecule has 23 heavy (non-hydrogen) atoms. The van der Waals surface area contributed by atoms with Crippen LogP contribution in [-0.2, 0) is 17.0 Å². The first-order valence-electron chi connectivity index (χ1n) is 7.31. The topological polar surface area (TPSA) is 46.6 Å². The van der Waals surface area contributed by atoms with Gasteiger partial charge >= 0.3 is 6.09 Å². The number of benzene rings is 2. The first kappa shape index (κ1) is 15.2. The lowest BCUT2D eigenvalue weighted by Gasteiger charge is -2.43. The van der Waals surface area contributed by atoms with Crippen LogP contribution in [-0.4, -0.2) is 30.4 Å². The van der Waals surface area contributed by atoms with Crippen LogP contribution in [0.15, 0.2) is 54.6 Å². The van der Waals surface area contributed by atoms with E-state index in [0.29, 0.717) is 17.4 Å². The third-order valence-electron chi connectivity index (χ3n) is 3.89. The predicted octanol–water partition coefficient (Wildman–Crippen LogP) is 3.32. The quantitative estimate of drug-likeness (QED) is 0.814. The number of alkyl halides is 1. The Balaban J connectivity index is 1.57. The normalized spacial score (nSPS) is 15.6. The SMILES string of the molecule is O=Cc1cccc(C2(F)CN(C(=O)OCc3ccccc3)C2)c1. The Labute approximate surface area is 133 Å². The van der Waals surface area contributed by atoms with E-state index in [1.54, 1.807) is 18.2 Å². The van der Waals surface area contributed by atoms with Crippen LogP contribution in [0.2, 0.25) is 0 Å². The zero-order valence-corrected chi connectivity index (χ0v) is 12.4. The van der Waals surface area contributed by atoms with E-state index < -0.39 is 11.8 Å². The number of aldehydes is 1. The van der Waals surface area contributed by atoms with Crippen LogP contribution in [0.3, 0.4) is 0 Å². The lowest BCUT2D eigenvalue weighted by Crippen LogP contribution is -2.58. The molecule has 0 radical (unpaired) electrons. The number of carbonyl (C=O) groups excluding carboxylic acids is 2. The summed E-state index contributed by atoms with van der Waals surface area (Å²) in [4.78, 5) is 24.0. The fourth-order valence-electron chi connectivity index (χ4n) is 2.57. The number of hydrogen-bond donors (Lipinski definition) is 0. The number of rotatable bonds is 4. The molecule has 118 valence electrons. The summed E-state index contributed by atoms with van der Waals surface area (Å²) in [7, 11) is 0. The Bertz CT molecular complexity index is 711. The molecule has 1 aliphatic heterocycles. The van der Waals surface area contributed by atoms with E-state index in [2.05, 4.69) is 0 Å². The monoisotopic (exact) mass is 313 g/mol. The van der Waals surface area contributed by atoms with Crippen molar-refractivity contribution < 1.29 is 18.7 Å². The second kappa shape index (κ2) is 6.20. The molecule has 0 spiro atoms. The first-order valence-corrected chi connectivity index (χ1v) is 7.31. The number of halogens is 1. The van der Waals surface area contributed by atoms with Gasteiger partial charge in [-0.2, -0.15) is 0 Å². The Morgan fingerprint density at radius 1 is 1.17 bits per heavy atom. The molecule has 0 aromatic heterocycles. The first-order chi connectivity index (χ1) is 11.1. The van der Waals surface area contributed by atoms with Crippen molar-refractivity contribution in [1.82, 2.24) is 4.90 Å². The van der Waals surface area contributed by atoms with Crippen molar-refractivity contribution in [2.24, 2.45) is 0 Å². The van der Waals surface area contributed by atoms with E-state index in [-0.39, 0.29) is 19.7 Å². The maximum atomic E-state index is 14.8. The van der Waals surface area contributed by atoms with Crippen LogP contribution in [0.4, 0.5) is 9.18 Å². The van der Waals surface area contributed by atoms with E-state index in [9.17, 15) is 14.0 Å². The highest BCUT2D eigenvalue weighted by atomic mass is 19.1. The van der Waals surface area contributed by atoms with Crippen molar-refractivity contribution in [2.45, 2.75) is 12.3 Å². The fraction of sp³-hybridized carbons (Fsp3) is 0.222. The van der Waals surface area contributed by atoms with Gasteiger partial charge < -0.3 is 9.64 Å². The molecule has 1 aliphatic rings. The van der Waals surface area contributed by atoms with Gasteiger partial charge in [0.15, 0.2) is 5.67 Å². The summed E-state index contributed by atoms with van der Waals surface area (Å²) in [6.45, 7) is 0.0297. The Hall–Kier alpha value is -2.69. The van der Waals surface area contributed by atoms with E-state index >= 15 is 0 Å². The minimum absolute atomic E-state index is 0.0665. The summed E-state index contributed by atoms with van der Waals surface area (Å²) >= 11 is 0. The fourth-order valence-corrected chi connectivity index (χ4v) is 2.57. The third-order valence-corrected chi connectivity index (χ3v) is 3.89. The maximum absolute atomic E-state index is 14.8. The van der Waals surface area contributed by atoms with Gasteiger partial charge in [-0.1, -0.05) is 48.5 Å². The van der Waals surface area contributed by atoms with Gasteiger partial charge in [-0.15, -0.1) is 0 Å². The molecule has 1 saturated heterocycles. The molecule has 2 aromatic carbocycles. The molecule has 1 heterocycles. The maximum Gasteiger partial charge on any atom is 0.410 e. The van der Waals surface area contributed by atoms with Gasteiger partial charge in [0, 0.05) is 5.56 Å². The van der Waals surface area contributed by atoms with Gasteiger partial charge in [-0.05, 0) is 17.2 Å². The van der Waals surface area contributed by atoms with E-state index in [0.717, 1.165) is 5.56 Å². The van der Waals surface area contributed by atoms with Gasteiger partial charge in [0.25, 0.3) is 0 Å². The number of likely N-dealkylation sites (tertiary alicyclic amines) is 1. The van der Waals surface area contributed by atoms with Crippen molar-refractivity contribution in [3.05, 3.63) is 71.3 Å². The van der Waals surface area contributed by atoms with Gasteiger partial charge in [0.05, 0.1) is 13.1 Å². The van der Waals surface area contributed by atoms with Crippen LogP contribution < -0.4 is 0 Å². The Morgan fingerprint density at radius 2 is 1.91 bits per heavy atom. The minimum Gasteiger partial charge on any atom is -0.445 e. The zero-order chi connectivity index (χ0) is 16.3. The molecule has 2 aromatic rings. The predicted molar refractivity (Wildman–Crippen MR) is 82.8 cm³/mol. The molecule has 0 N–H and O–H groups in total. The second-order valence-corrected chi connectivity index (χ2v) is 5.60. The molecule has 1 amide bonds. The molecule has 0 aliphatic carbocycles. The molecule has 0 unspecified atom stereocenters. The summed E-state index contributed by atoms with van der Waals surface area (Å²) in [5, 5.41) is 0. The molecule has 4 nitrogen and oxygen atoms in total. The standard InChI is InChI=1S/C18H16FNO3/c19-18(16-8-4-7-15(9-16)10-21)12-20(13-18)17(22)23-11-14-5-2-1-3-6-14/h1-10H,11-13H2. The van der Waals surface area contributed by atoms with Crippen LogP contribution in [0.5, 0.6) is 0 Å². The molecule has 0 atom stereocenters. The number of carbonyl (C=O) groups is 2. The zero-order valence-electron chi connectivity index (χ0n) is 12.4. The lowest BCUT2D eigenvalue weighted by atomic mass is 9.87. The van der Waals surface area contributed by atoms with Crippen LogP contribution in [0.1, 0.15) is 21.5 Å². The summed E-state index contributed by atoms with van der Waals surface area (Å²) < 4.78 is 19.9. The molecular formula is C18H16FNO3. The number of hydrogen-bond acceptors (Lipinski definition) is 3. The highest BCUT2D eigenvalue weighted by Crippen LogP contribution is 2.36. The van der Waals surface area contributed by atoms with Crippen molar-refractivity contribution >= 4 is 12.4 Å². The molecule has 3 rings (SSSR count). The highest BCUT2D eigenvalue weighted by Gasteiger charge is 2.48. The van der Waals surface area contributed by atoms with Crippen molar-refractivity contribution in [3.63, 3.8) is 0 Å². The van der Waals surface area contributed by atoms with Crippen LogP contribution in [0.25, 0.3) is 0 Å². The van der Waals surface area contributed by atoms with Crippen LogP contribution in [0, 0.1) is 0 Å². The number of amides is 1. The van der Waals surface area contributed by atoms with Gasteiger partial charge in [0.1, 0.15) is 12.9 Å². The second-order valence-electron chi connectivity index (χ2n) is 5.60. The number of ether oxygens (including phenoxy) is 1. The summed E-state index contributed by atoms with van der Waals surface area (Å²) in [5.41, 5.74) is 0.0931. The molecule has 0 bridgehead atoms. The largest absolute Gasteiger partial charge is 0.445 e. The smallest absolute Gasteiger partial charge is 0.410 e. The van der Waals surface area contributed by atoms with Gasteiger partial charge in [0.2, 0.25) is 0 Å². The van der Waals surface area contributed by atoms with Gasteiger partial charge in [-0.3, -0.25) is 4.79 Å². The lowest BCUT2D eigenvalue weighted by molar-refractivity contribution is -0.0346. The van der Waals surface area contributed by atoms with Crippen molar-refractivity contribution in [2.75, 3.05) is 13.1 Å². The summed E-state index contributed by atoms with van der Waals surface area (Å²) in [5.74, 6) is 0. The average Bonchev–Trinajstić information content (AvgIpc) is 2.57. The van der Waals surface area contributed by atoms with Crippen LogP contribution >= 0.6 is 0 Å². The van der Waals surface area contributed by atoms with E-state index in [4.69, 9.17) is 4.74 Å². The number of nitrogens with zero attached hydrogens (tertiary/aromatic N) is 1. The van der Waals surface area contributed by atoms with E-state index in [1.165, 1.54) is 11.0 Å². The Morgan fingerprint density at radius 3 is 2.61 bits per heavy atom. The van der Waals surface area contributed by atoms with Crippen molar-refractivity contribution in [1.29, 1.82) is 0 Å². The van der Waals surface area contributed by atoms with E-state index in [1.807, 2.05) is 30.3 Å². The summed E-state index contributed by atoms with van der Waals surface area (Å²) in [6.07, 6.45) is 0.144. The third kappa shape index (κ3) is 3.23. The minimum atomic E-state index is -1.62. The van der Waals surface area contributed by atoms with Gasteiger partial charge in [-0.25, -0.2) is 9.18 Å². The molecule has 5 heteroatoms. The van der Waals surface area contributed by atoms with Crippen molar-refractivity contribution in [3.8, 4) is 0 Å². The average molecular weight is 313 g/mol. The Kier molecular flexibility index (Phi) is 4.10. The summed E-state index contributed by atoms with van der Waals surface area (Å²) in [6, 6.07) is 15.7. The molecule has 1 fully saturated rings.